The third-order valence-electron chi connectivity index (χ3n) is 8.74. The number of hydrogen-bond acceptors (Lipinski definition) is 2. The van der Waals surface area contributed by atoms with Gasteiger partial charge in [0.1, 0.15) is 11.2 Å². The quantitative estimate of drug-likeness (QED) is 0.461. The van der Waals surface area contributed by atoms with Gasteiger partial charge >= 0.3 is 6.18 Å². The molecule has 0 bridgehead atoms. The van der Waals surface area contributed by atoms with Gasteiger partial charge in [0.2, 0.25) is 11.6 Å². The maximum absolute atomic E-state index is 14.8. The lowest BCUT2D eigenvalue weighted by Gasteiger charge is -2.46. The smallest absolute Gasteiger partial charge is 0.337 e. The zero-order chi connectivity index (χ0) is 25.9. The summed E-state index contributed by atoms with van der Waals surface area (Å²) in [5.74, 6) is -0.546. The van der Waals surface area contributed by atoms with Crippen molar-refractivity contribution in [3.05, 3.63) is 70.5 Å². The van der Waals surface area contributed by atoms with E-state index in [1.807, 2.05) is 0 Å². The number of nitrogens with zero attached hydrogens (tertiary/aromatic N) is 2. The van der Waals surface area contributed by atoms with Crippen LogP contribution in [-0.2, 0) is 28.7 Å². The van der Waals surface area contributed by atoms with E-state index >= 15 is 0 Å². The van der Waals surface area contributed by atoms with E-state index in [4.69, 9.17) is 0 Å². The van der Waals surface area contributed by atoms with Gasteiger partial charge in [-0.15, -0.1) is 0 Å². The minimum Gasteiger partial charge on any atom is -0.337 e. The van der Waals surface area contributed by atoms with Crippen LogP contribution in [0.5, 0.6) is 0 Å². The number of carbonyl (C=O) groups is 1. The van der Waals surface area contributed by atoms with E-state index in [9.17, 15) is 32.0 Å². The van der Waals surface area contributed by atoms with Crippen LogP contribution in [0.2, 0.25) is 0 Å². The van der Waals surface area contributed by atoms with Crippen molar-refractivity contribution in [2.24, 2.45) is 5.41 Å². The number of benzene rings is 2. The largest absolute Gasteiger partial charge is 0.426 e. The van der Waals surface area contributed by atoms with Crippen molar-refractivity contribution < 1.29 is 26.7 Å². The molecule has 2 aromatic rings. The van der Waals surface area contributed by atoms with Crippen LogP contribution in [0.15, 0.2) is 42.5 Å². The van der Waals surface area contributed by atoms with Gasteiger partial charge in [0, 0.05) is 18.0 Å². The number of nitriles is 1. The van der Waals surface area contributed by atoms with Gasteiger partial charge < -0.3 is 4.90 Å². The summed E-state index contributed by atoms with van der Waals surface area (Å²) in [4.78, 5) is 15.4. The third kappa shape index (κ3) is 3.62. The van der Waals surface area contributed by atoms with Crippen LogP contribution in [0.4, 0.5) is 22.0 Å². The van der Waals surface area contributed by atoms with Crippen LogP contribution in [0, 0.1) is 22.6 Å². The summed E-state index contributed by atoms with van der Waals surface area (Å²) in [6, 6.07) is 12.2. The first-order valence-electron chi connectivity index (χ1n) is 12.3. The summed E-state index contributed by atoms with van der Waals surface area (Å²) in [5.41, 5.74) is -3.25. The first-order valence-corrected chi connectivity index (χ1v) is 12.3. The molecule has 36 heavy (non-hydrogen) atoms. The number of amides is 1. The standard InChI is InChI=1S/C28H27F5N2O/c1-25(30,28(31,32)33)20-6-9-22-19(15-20)5-10-23-27(22,16-18-3-7-21(29)8-4-18)13-14-35(23)24(36)26(17-34)11-2-12-26/h3-4,6-9,15,23H,2,5,10-14,16H2,1H3/t23-,25?,27-/m1/s1. The van der Waals surface area contributed by atoms with Crippen LogP contribution in [-0.4, -0.2) is 29.6 Å². The molecule has 1 amide bonds. The highest BCUT2D eigenvalue weighted by Gasteiger charge is 2.58. The summed E-state index contributed by atoms with van der Waals surface area (Å²) in [7, 11) is 0. The van der Waals surface area contributed by atoms with E-state index in [0.717, 1.165) is 17.5 Å². The molecule has 3 aliphatic rings. The van der Waals surface area contributed by atoms with Crippen molar-refractivity contribution in [3.8, 4) is 6.07 Å². The molecule has 0 N–H and O–H groups in total. The Hall–Kier alpha value is -2.95. The van der Waals surface area contributed by atoms with Crippen LogP contribution in [0.3, 0.4) is 0 Å². The zero-order valence-corrected chi connectivity index (χ0v) is 20.0. The molecular formula is C28H27F5N2O. The van der Waals surface area contributed by atoms with Gasteiger partial charge in [0.25, 0.3) is 0 Å². The molecule has 1 saturated heterocycles. The van der Waals surface area contributed by atoms with E-state index in [1.54, 1.807) is 23.1 Å². The lowest BCUT2D eigenvalue weighted by atomic mass is 9.63. The number of hydrogen-bond donors (Lipinski definition) is 0. The van der Waals surface area contributed by atoms with Crippen LogP contribution >= 0.6 is 0 Å². The van der Waals surface area contributed by atoms with E-state index in [1.165, 1.54) is 24.3 Å². The van der Waals surface area contributed by atoms with Gasteiger partial charge in [-0.2, -0.15) is 18.4 Å². The SMILES string of the molecule is CC(F)(c1ccc2c(c1)CC[C@H]1N(C(=O)C3(C#N)CCC3)CC[C@@]21Cc1ccc(F)cc1)C(F)(F)F. The monoisotopic (exact) mass is 502 g/mol. The van der Waals surface area contributed by atoms with Crippen LogP contribution in [0.25, 0.3) is 0 Å². The van der Waals surface area contributed by atoms with Crippen LogP contribution in [0.1, 0.15) is 61.3 Å². The van der Waals surface area contributed by atoms with Crippen LogP contribution < -0.4 is 0 Å². The Labute approximate surface area is 206 Å². The molecule has 2 aliphatic carbocycles. The summed E-state index contributed by atoms with van der Waals surface area (Å²) in [6.45, 7) is 0.962. The van der Waals surface area contributed by atoms with E-state index in [0.29, 0.717) is 57.6 Å². The third-order valence-corrected chi connectivity index (χ3v) is 8.74. The maximum Gasteiger partial charge on any atom is 0.426 e. The Bertz CT molecular complexity index is 1230. The zero-order valence-electron chi connectivity index (χ0n) is 20.0. The Morgan fingerprint density at radius 1 is 1.11 bits per heavy atom. The first-order chi connectivity index (χ1) is 16.9. The summed E-state index contributed by atoms with van der Waals surface area (Å²) < 4.78 is 68.6. The molecule has 0 radical (unpaired) electrons. The summed E-state index contributed by atoms with van der Waals surface area (Å²) in [5, 5.41) is 9.76. The van der Waals surface area contributed by atoms with Gasteiger partial charge in [-0.25, -0.2) is 8.78 Å². The molecule has 2 aromatic carbocycles. The highest BCUT2D eigenvalue weighted by atomic mass is 19.4. The molecule has 1 aliphatic heterocycles. The molecular weight excluding hydrogens is 475 g/mol. The van der Waals surface area contributed by atoms with Gasteiger partial charge in [0.05, 0.1) is 6.07 Å². The van der Waals surface area contributed by atoms with Crippen molar-refractivity contribution >= 4 is 5.91 Å². The minimum atomic E-state index is -5.05. The molecule has 0 aromatic heterocycles. The van der Waals surface area contributed by atoms with Crippen molar-refractivity contribution in [3.63, 3.8) is 0 Å². The second kappa shape index (κ2) is 8.29. The van der Waals surface area contributed by atoms with Gasteiger partial charge in [-0.1, -0.05) is 30.3 Å². The van der Waals surface area contributed by atoms with Crippen molar-refractivity contribution in [2.75, 3.05) is 6.54 Å². The van der Waals surface area contributed by atoms with Crippen molar-refractivity contribution in [1.82, 2.24) is 4.90 Å². The number of likely N-dealkylation sites (tertiary alicyclic amines) is 1. The Kier molecular flexibility index (Phi) is 5.70. The highest BCUT2D eigenvalue weighted by molar-refractivity contribution is 5.87. The molecule has 2 fully saturated rings. The van der Waals surface area contributed by atoms with Crippen molar-refractivity contribution in [1.29, 1.82) is 5.26 Å². The second-order valence-corrected chi connectivity index (χ2v) is 10.7. The molecule has 0 spiro atoms. The molecule has 3 nitrogen and oxygen atoms in total. The predicted molar refractivity (Wildman–Crippen MR) is 123 cm³/mol. The lowest BCUT2D eigenvalue weighted by molar-refractivity contribution is -0.228. The molecule has 190 valence electrons. The van der Waals surface area contributed by atoms with Gasteiger partial charge in [0.15, 0.2) is 0 Å². The Balaban J connectivity index is 1.58. The predicted octanol–water partition coefficient (Wildman–Crippen LogP) is 6.29. The van der Waals surface area contributed by atoms with Gasteiger partial charge in [-0.3, -0.25) is 4.79 Å². The number of carbonyl (C=O) groups excluding carboxylic acids is 1. The topological polar surface area (TPSA) is 44.1 Å². The maximum atomic E-state index is 14.8. The second-order valence-electron chi connectivity index (χ2n) is 10.7. The Morgan fingerprint density at radius 3 is 2.39 bits per heavy atom. The first kappa shape index (κ1) is 24.7. The number of aryl methyl sites for hydroxylation is 1. The van der Waals surface area contributed by atoms with E-state index < -0.39 is 28.2 Å². The number of fused-ring (bicyclic) bond motifs is 3. The molecule has 1 heterocycles. The molecule has 8 heteroatoms. The fraction of sp³-hybridized carbons (Fsp3) is 0.500. The fourth-order valence-corrected chi connectivity index (χ4v) is 6.41. The summed E-state index contributed by atoms with van der Waals surface area (Å²) >= 11 is 0. The van der Waals surface area contributed by atoms with Gasteiger partial charge in [-0.05, 0) is 86.3 Å². The van der Waals surface area contributed by atoms with Crippen molar-refractivity contribution in [2.45, 2.75) is 75.2 Å². The number of rotatable bonds is 4. The number of halogens is 5. The minimum absolute atomic E-state index is 0.171. The van der Waals surface area contributed by atoms with E-state index in [2.05, 4.69) is 6.07 Å². The Morgan fingerprint density at radius 2 is 1.81 bits per heavy atom. The molecule has 1 saturated carbocycles. The average molecular weight is 503 g/mol. The lowest BCUT2D eigenvalue weighted by Crippen LogP contribution is -2.54. The molecule has 1 unspecified atom stereocenters. The average Bonchev–Trinajstić information content (AvgIpc) is 3.18. The number of alkyl halides is 4. The molecule has 3 atom stereocenters. The fourth-order valence-electron chi connectivity index (χ4n) is 6.41. The van der Waals surface area contributed by atoms with E-state index in [-0.39, 0.29) is 17.8 Å². The summed E-state index contributed by atoms with van der Waals surface area (Å²) in [6.07, 6.45) is -1.25. The normalized spacial score (nSPS) is 26.2. The molecule has 5 rings (SSSR count). The highest BCUT2D eigenvalue weighted by Crippen LogP contribution is 2.53.